The van der Waals surface area contributed by atoms with Crippen molar-refractivity contribution in [2.45, 2.75) is 45.7 Å². The minimum Gasteiger partial charge on any atom is -0.339 e. The first-order valence-corrected chi connectivity index (χ1v) is 8.20. The number of hydrogen-bond donors (Lipinski definition) is 0. The van der Waals surface area contributed by atoms with Crippen molar-refractivity contribution in [1.29, 1.82) is 0 Å². The fraction of sp³-hybridized carbons (Fsp3) is 0.526. The first-order chi connectivity index (χ1) is 10.4. The summed E-state index contributed by atoms with van der Waals surface area (Å²) in [5, 5.41) is 0. The van der Waals surface area contributed by atoms with Crippen LogP contribution in [-0.4, -0.2) is 46.9 Å². The average Bonchev–Trinajstić information content (AvgIpc) is 2.49. The Labute approximate surface area is 134 Å². The van der Waals surface area contributed by atoms with Gasteiger partial charge in [0.1, 0.15) is 0 Å². The molecular formula is C19H28N2O. The second-order valence-electron chi connectivity index (χ2n) is 6.75. The Morgan fingerprint density at radius 2 is 2.00 bits per heavy atom. The Morgan fingerprint density at radius 3 is 2.59 bits per heavy atom. The zero-order valence-corrected chi connectivity index (χ0v) is 14.2. The summed E-state index contributed by atoms with van der Waals surface area (Å²) in [5.41, 5.74) is 1.23. The van der Waals surface area contributed by atoms with Crippen LogP contribution in [0.1, 0.15) is 39.7 Å². The maximum absolute atomic E-state index is 12.0. The zero-order valence-electron chi connectivity index (χ0n) is 14.2. The summed E-state index contributed by atoms with van der Waals surface area (Å²) in [5.74, 6) is 0.263. The highest BCUT2D eigenvalue weighted by molar-refractivity contribution is 5.76. The lowest BCUT2D eigenvalue weighted by Gasteiger charge is -2.50. The van der Waals surface area contributed by atoms with Gasteiger partial charge in [-0.05, 0) is 26.3 Å². The zero-order chi connectivity index (χ0) is 16.2. The predicted molar refractivity (Wildman–Crippen MR) is 92.6 cm³/mol. The molecule has 0 spiro atoms. The summed E-state index contributed by atoms with van der Waals surface area (Å²) in [6.45, 7) is 11.2. The number of piperazine rings is 1. The largest absolute Gasteiger partial charge is 0.339 e. The number of amides is 1. The van der Waals surface area contributed by atoms with E-state index in [1.54, 1.807) is 0 Å². The molecule has 0 aliphatic carbocycles. The second kappa shape index (κ2) is 7.10. The van der Waals surface area contributed by atoms with Crippen LogP contribution in [0.3, 0.4) is 0 Å². The third kappa shape index (κ3) is 3.98. The van der Waals surface area contributed by atoms with E-state index < -0.39 is 0 Å². The molecule has 1 aromatic carbocycles. The van der Waals surface area contributed by atoms with Gasteiger partial charge in [-0.2, -0.15) is 0 Å². The van der Waals surface area contributed by atoms with Gasteiger partial charge in [0.25, 0.3) is 0 Å². The van der Waals surface area contributed by atoms with Gasteiger partial charge in [-0.1, -0.05) is 49.4 Å². The van der Waals surface area contributed by atoms with Crippen molar-refractivity contribution in [3.63, 3.8) is 0 Å². The maximum Gasteiger partial charge on any atom is 0.222 e. The Balaban J connectivity index is 2.02. The molecule has 1 aromatic rings. The monoisotopic (exact) mass is 300 g/mol. The van der Waals surface area contributed by atoms with E-state index >= 15 is 0 Å². The van der Waals surface area contributed by atoms with Gasteiger partial charge in [0.2, 0.25) is 5.91 Å². The normalized spacial score (nSPS) is 22.2. The van der Waals surface area contributed by atoms with Crippen LogP contribution >= 0.6 is 0 Å². The SMILES string of the molecule is CCC(=O)N1CC(C)N(C/C=C/c2ccccc2)C(C)(C)C1. The highest BCUT2D eigenvalue weighted by atomic mass is 16.2. The predicted octanol–water partition coefficient (Wildman–Crippen LogP) is 3.42. The standard InChI is InChI=1S/C19H28N2O/c1-5-18(22)20-14-16(2)21(19(3,4)15-20)13-9-12-17-10-7-6-8-11-17/h6-12,16H,5,13-15H2,1-4H3/b12-9+. The molecule has 3 heteroatoms. The third-order valence-electron chi connectivity index (χ3n) is 4.44. The van der Waals surface area contributed by atoms with Gasteiger partial charge in [-0.15, -0.1) is 0 Å². The summed E-state index contributed by atoms with van der Waals surface area (Å²) >= 11 is 0. The summed E-state index contributed by atoms with van der Waals surface area (Å²) < 4.78 is 0. The summed E-state index contributed by atoms with van der Waals surface area (Å²) in [7, 11) is 0. The maximum atomic E-state index is 12.0. The molecule has 0 radical (unpaired) electrons. The van der Waals surface area contributed by atoms with Crippen molar-refractivity contribution < 1.29 is 4.79 Å². The average molecular weight is 300 g/mol. The number of benzene rings is 1. The van der Waals surface area contributed by atoms with E-state index in [-0.39, 0.29) is 11.4 Å². The Kier molecular flexibility index (Phi) is 5.41. The van der Waals surface area contributed by atoms with Crippen LogP contribution in [0.5, 0.6) is 0 Å². The van der Waals surface area contributed by atoms with Gasteiger partial charge < -0.3 is 4.90 Å². The van der Waals surface area contributed by atoms with E-state index in [0.29, 0.717) is 12.5 Å². The molecule has 1 fully saturated rings. The second-order valence-corrected chi connectivity index (χ2v) is 6.75. The molecule has 1 aliphatic rings. The van der Waals surface area contributed by atoms with E-state index in [1.165, 1.54) is 5.56 Å². The lowest BCUT2D eigenvalue weighted by Crippen LogP contribution is -2.64. The van der Waals surface area contributed by atoms with E-state index in [2.05, 4.69) is 62.1 Å². The number of rotatable bonds is 4. The molecule has 120 valence electrons. The Hall–Kier alpha value is -1.61. The molecule has 1 saturated heterocycles. The van der Waals surface area contributed by atoms with Crippen LogP contribution < -0.4 is 0 Å². The summed E-state index contributed by atoms with van der Waals surface area (Å²) in [6.07, 6.45) is 4.99. The van der Waals surface area contributed by atoms with Gasteiger partial charge in [0, 0.05) is 37.6 Å². The van der Waals surface area contributed by atoms with Gasteiger partial charge in [-0.3, -0.25) is 9.69 Å². The molecule has 0 N–H and O–H groups in total. The first kappa shape index (κ1) is 16.8. The molecule has 0 aromatic heterocycles. The van der Waals surface area contributed by atoms with Crippen molar-refractivity contribution in [2.75, 3.05) is 19.6 Å². The molecule has 1 unspecified atom stereocenters. The van der Waals surface area contributed by atoms with Crippen molar-refractivity contribution in [3.05, 3.63) is 42.0 Å². The van der Waals surface area contributed by atoms with E-state index in [4.69, 9.17) is 0 Å². The van der Waals surface area contributed by atoms with Gasteiger partial charge in [0.15, 0.2) is 0 Å². The van der Waals surface area contributed by atoms with Crippen LogP contribution in [-0.2, 0) is 4.79 Å². The van der Waals surface area contributed by atoms with Crippen molar-refractivity contribution >= 4 is 12.0 Å². The van der Waals surface area contributed by atoms with E-state index in [0.717, 1.165) is 19.6 Å². The fourth-order valence-corrected chi connectivity index (χ4v) is 3.34. The van der Waals surface area contributed by atoms with E-state index in [1.807, 2.05) is 17.9 Å². The van der Waals surface area contributed by atoms with E-state index in [9.17, 15) is 4.79 Å². The number of carbonyl (C=O) groups is 1. The molecule has 0 bridgehead atoms. The molecule has 1 amide bonds. The van der Waals surface area contributed by atoms with Gasteiger partial charge in [-0.25, -0.2) is 0 Å². The minimum absolute atomic E-state index is 0.00350. The lowest BCUT2D eigenvalue weighted by molar-refractivity contribution is -0.137. The molecule has 1 heterocycles. The highest BCUT2D eigenvalue weighted by Crippen LogP contribution is 2.25. The Bertz CT molecular complexity index is 521. The van der Waals surface area contributed by atoms with Crippen LogP contribution in [0.4, 0.5) is 0 Å². The number of carbonyl (C=O) groups excluding carboxylic acids is 1. The Morgan fingerprint density at radius 1 is 1.32 bits per heavy atom. The number of nitrogens with zero attached hydrogens (tertiary/aromatic N) is 2. The minimum atomic E-state index is 0.00350. The molecule has 1 atom stereocenters. The molecule has 22 heavy (non-hydrogen) atoms. The van der Waals surface area contributed by atoms with Crippen molar-refractivity contribution in [2.24, 2.45) is 0 Å². The van der Waals surface area contributed by atoms with Crippen LogP contribution in [0.2, 0.25) is 0 Å². The lowest BCUT2D eigenvalue weighted by atomic mass is 9.95. The van der Waals surface area contributed by atoms with Crippen molar-refractivity contribution in [3.8, 4) is 0 Å². The topological polar surface area (TPSA) is 23.6 Å². The third-order valence-corrected chi connectivity index (χ3v) is 4.44. The molecule has 3 nitrogen and oxygen atoms in total. The molecule has 1 aliphatic heterocycles. The van der Waals surface area contributed by atoms with Gasteiger partial charge >= 0.3 is 0 Å². The van der Waals surface area contributed by atoms with Gasteiger partial charge in [0.05, 0.1) is 0 Å². The summed E-state index contributed by atoms with van der Waals surface area (Å²) in [4.78, 5) is 16.5. The smallest absolute Gasteiger partial charge is 0.222 e. The van der Waals surface area contributed by atoms with Crippen LogP contribution in [0.25, 0.3) is 6.08 Å². The molecular weight excluding hydrogens is 272 g/mol. The van der Waals surface area contributed by atoms with Crippen molar-refractivity contribution in [1.82, 2.24) is 9.80 Å². The van der Waals surface area contributed by atoms with Crippen LogP contribution in [0.15, 0.2) is 36.4 Å². The number of hydrogen-bond acceptors (Lipinski definition) is 2. The summed E-state index contributed by atoms with van der Waals surface area (Å²) in [6, 6.07) is 10.8. The highest BCUT2D eigenvalue weighted by Gasteiger charge is 2.38. The fourth-order valence-electron chi connectivity index (χ4n) is 3.34. The first-order valence-electron chi connectivity index (χ1n) is 8.20. The molecule has 2 rings (SSSR count). The quantitative estimate of drug-likeness (QED) is 0.850. The van der Waals surface area contributed by atoms with Crippen LogP contribution in [0, 0.1) is 0 Å². The molecule has 0 saturated carbocycles.